The molecule has 8 heteroatoms. The van der Waals surface area contributed by atoms with E-state index in [4.69, 9.17) is 16.3 Å². The third kappa shape index (κ3) is 7.92. The quantitative estimate of drug-likeness (QED) is 0.452. The highest BCUT2D eigenvalue weighted by Crippen LogP contribution is 2.20. The SMILES string of the molecule is O=C(CSCc1ccccc1Cl)N/N=C/c1ccc(OCC(=O)N2CCCCC2)cc1. The Kier molecular flexibility index (Phi) is 9.24. The van der Waals surface area contributed by atoms with Gasteiger partial charge in [0.2, 0.25) is 5.91 Å². The van der Waals surface area contributed by atoms with Gasteiger partial charge in [0, 0.05) is 23.9 Å². The van der Waals surface area contributed by atoms with Gasteiger partial charge in [-0.15, -0.1) is 11.8 Å². The van der Waals surface area contributed by atoms with E-state index in [9.17, 15) is 9.59 Å². The van der Waals surface area contributed by atoms with Gasteiger partial charge in [-0.3, -0.25) is 9.59 Å². The summed E-state index contributed by atoms with van der Waals surface area (Å²) >= 11 is 7.58. The normalized spacial score (nSPS) is 13.9. The Morgan fingerprint density at radius 3 is 2.58 bits per heavy atom. The van der Waals surface area contributed by atoms with Crippen LogP contribution in [-0.4, -0.2) is 48.4 Å². The van der Waals surface area contributed by atoms with Crippen molar-refractivity contribution in [3.05, 3.63) is 64.7 Å². The summed E-state index contributed by atoms with van der Waals surface area (Å²) < 4.78 is 5.59. The van der Waals surface area contributed by atoms with E-state index in [1.165, 1.54) is 18.2 Å². The van der Waals surface area contributed by atoms with Crippen molar-refractivity contribution in [3.8, 4) is 5.75 Å². The number of hydrazone groups is 1. The number of carbonyl (C=O) groups is 2. The molecule has 0 saturated carbocycles. The van der Waals surface area contributed by atoms with E-state index in [1.807, 2.05) is 41.3 Å². The van der Waals surface area contributed by atoms with Gasteiger partial charge in [0.15, 0.2) is 6.61 Å². The molecule has 6 nitrogen and oxygen atoms in total. The van der Waals surface area contributed by atoms with E-state index < -0.39 is 0 Å². The lowest BCUT2D eigenvalue weighted by molar-refractivity contribution is -0.134. The van der Waals surface area contributed by atoms with Crippen LogP contribution < -0.4 is 10.2 Å². The number of benzene rings is 2. The minimum absolute atomic E-state index is 0.0282. The molecular formula is C23H26ClN3O3S. The molecule has 1 heterocycles. The van der Waals surface area contributed by atoms with E-state index in [-0.39, 0.29) is 18.4 Å². The number of ether oxygens (including phenoxy) is 1. The molecule has 0 spiro atoms. The van der Waals surface area contributed by atoms with Crippen LogP contribution >= 0.6 is 23.4 Å². The van der Waals surface area contributed by atoms with Crippen LogP contribution in [0.4, 0.5) is 0 Å². The number of piperidine rings is 1. The number of carbonyl (C=O) groups excluding carboxylic acids is 2. The molecule has 1 aliphatic rings. The summed E-state index contributed by atoms with van der Waals surface area (Å²) in [6.45, 7) is 1.69. The van der Waals surface area contributed by atoms with Crippen molar-refractivity contribution in [1.29, 1.82) is 0 Å². The molecule has 0 unspecified atom stereocenters. The summed E-state index contributed by atoms with van der Waals surface area (Å²) in [5.41, 5.74) is 4.34. The predicted octanol–water partition coefficient (Wildman–Crippen LogP) is 4.11. The standard InChI is InChI=1S/C23H26ClN3O3S/c24-21-7-3-2-6-19(21)16-31-17-22(28)26-25-14-18-8-10-20(11-9-18)30-15-23(29)27-12-4-1-5-13-27/h2-3,6-11,14H,1,4-5,12-13,15-17H2,(H,26,28)/b25-14+. The molecule has 0 aromatic heterocycles. The molecule has 2 aromatic rings. The molecule has 1 saturated heterocycles. The van der Waals surface area contributed by atoms with Crippen LogP contribution in [0.15, 0.2) is 53.6 Å². The van der Waals surface area contributed by atoms with Crippen molar-refractivity contribution >= 4 is 41.4 Å². The van der Waals surface area contributed by atoms with E-state index in [1.54, 1.807) is 18.3 Å². The number of hydrogen-bond donors (Lipinski definition) is 1. The summed E-state index contributed by atoms with van der Waals surface area (Å²) in [5, 5.41) is 4.69. The number of hydrogen-bond acceptors (Lipinski definition) is 5. The molecule has 2 aromatic carbocycles. The van der Waals surface area contributed by atoms with E-state index in [2.05, 4.69) is 10.5 Å². The Labute approximate surface area is 192 Å². The predicted molar refractivity (Wildman–Crippen MR) is 126 cm³/mol. The third-order valence-electron chi connectivity index (χ3n) is 4.80. The highest BCUT2D eigenvalue weighted by atomic mass is 35.5. The largest absolute Gasteiger partial charge is 0.484 e. The van der Waals surface area contributed by atoms with Crippen LogP contribution in [0.5, 0.6) is 5.75 Å². The van der Waals surface area contributed by atoms with E-state index in [0.29, 0.717) is 22.3 Å². The average molecular weight is 460 g/mol. The zero-order chi connectivity index (χ0) is 21.9. The number of halogens is 1. The minimum Gasteiger partial charge on any atom is -0.484 e. The number of thioether (sulfide) groups is 1. The molecule has 3 rings (SSSR count). The summed E-state index contributed by atoms with van der Waals surface area (Å²) in [6.07, 6.45) is 4.89. The van der Waals surface area contributed by atoms with Crippen molar-refractivity contribution in [1.82, 2.24) is 10.3 Å². The fraction of sp³-hybridized carbons (Fsp3) is 0.348. The maximum atomic E-state index is 12.1. The zero-order valence-electron chi connectivity index (χ0n) is 17.3. The molecule has 2 amide bonds. The molecule has 164 valence electrons. The highest BCUT2D eigenvalue weighted by molar-refractivity contribution is 7.99. The smallest absolute Gasteiger partial charge is 0.260 e. The number of nitrogens with zero attached hydrogens (tertiary/aromatic N) is 2. The van der Waals surface area contributed by atoms with Crippen molar-refractivity contribution in [2.75, 3.05) is 25.4 Å². The third-order valence-corrected chi connectivity index (χ3v) is 6.15. The zero-order valence-corrected chi connectivity index (χ0v) is 18.8. The van der Waals surface area contributed by atoms with Gasteiger partial charge in [-0.1, -0.05) is 29.8 Å². The lowest BCUT2D eigenvalue weighted by atomic mass is 10.1. The van der Waals surface area contributed by atoms with Gasteiger partial charge >= 0.3 is 0 Å². The van der Waals surface area contributed by atoms with Gasteiger partial charge in [-0.05, 0) is 60.7 Å². The molecule has 1 aliphatic heterocycles. The van der Waals surface area contributed by atoms with E-state index in [0.717, 1.165) is 37.1 Å². The lowest BCUT2D eigenvalue weighted by Gasteiger charge is -2.26. The molecule has 0 bridgehead atoms. The fourth-order valence-electron chi connectivity index (χ4n) is 3.11. The summed E-state index contributed by atoms with van der Waals surface area (Å²) in [4.78, 5) is 25.9. The minimum atomic E-state index is -0.176. The molecule has 0 aliphatic carbocycles. The number of likely N-dealkylation sites (tertiary alicyclic amines) is 1. The van der Waals surface area contributed by atoms with Crippen molar-refractivity contribution < 1.29 is 14.3 Å². The van der Waals surface area contributed by atoms with Crippen LogP contribution in [0.25, 0.3) is 0 Å². The van der Waals surface area contributed by atoms with Crippen LogP contribution in [0.2, 0.25) is 5.02 Å². The Hall–Kier alpha value is -2.51. The number of amides is 2. The Bertz CT molecular complexity index is 899. The first-order valence-corrected chi connectivity index (χ1v) is 11.8. The maximum absolute atomic E-state index is 12.1. The summed E-state index contributed by atoms with van der Waals surface area (Å²) in [5.74, 6) is 1.44. The molecule has 0 atom stereocenters. The molecule has 0 radical (unpaired) electrons. The topological polar surface area (TPSA) is 71.0 Å². The first kappa shape index (κ1) is 23.2. The lowest BCUT2D eigenvalue weighted by Crippen LogP contribution is -2.38. The Balaban J connectivity index is 1.35. The maximum Gasteiger partial charge on any atom is 0.260 e. The van der Waals surface area contributed by atoms with Crippen LogP contribution in [0, 0.1) is 0 Å². The second kappa shape index (κ2) is 12.4. The summed E-state index contributed by atoms with van der Waals surface area (Å²) in [7, 11) is 0. The molecule has 1 fully saturated rings. The monoisotopic (exact) mass is 459 g/mol. The van der Waals surface area contributed by atoms with Crippen LogP contribution in [-0.2, 0) is 15.3 Å². The van der Waals surface area contributed by atoms with Gasteiger partial charge < -0.3 is 9.64 Å². The molecule has 1 N–H and O–H groups in total. The Morgan fingerprint density at radius 2 is 1.84 bits per heavy atom. The number of rotatable bonds is 9. The van der Waals surface area contributed by atoms with Crippen molar-refractivity contribution in [2.24, 2.45) is 5.10 Å². The van der Waals surface area contributed by atoms with Gasteiger partial charge in [-0.25, -0.2) is 5.43 Å². The van der Waals surface area contributed by atoms with Crippen molar-refractivity contribution in [3.63, 3.8) is 0 Å². The molecular weight excluding hydrogens is 434 g/mol. The van der Waals surface area contributed by atoms with Gasteiger partial charge in [0.05, 0.1) is 12.0 Å². The number of nitrogens with one attached hydrogen (secondary N) is 1. The van der Waals surface area contributed by atoms with Gasteiger partial charge in [0.25, 0.3) is 5.91 Å². The van der Waals surface area contributed by atoms with Crippen LogP contribution in [0.3, 0.4) is 0 Å². The average Bonchev–Trinajstić information content (AvgIpc) is 2.80. The second-order valence-corrected chi connectivity index (χ2v) is 8.57. The fourth-order valence-corrected chi connectivity index (χ4v) is 4.22. The van der Waals surface area contributed by atoms with Crippen molar-refractivity contribution in [2.45, 2.75) is 25.0 Å². The molecule has 31 heavy (non-hydrogen) atoms. The highest BCUT2D eigenvalue weighted by Gasteiger charge is 2.16. The van der Waals surface area contributed by atoms with Crippen LogP contribution in [0.1, 0.15) is 30.4 Å². The van der Waals surface area contributed by atoms with E-state index >= 15 is 0 Å². The van der Waals surface area contributed by atoms with Gasteiger partial charge in [-0.2, -0.15) is 5.10 Å². The first-order valence-electron chi connectivity index (χ1n) is 10.3. The summed E-state index contributed by atoms with van der Waals surface area (Å²) in [6, 6.07) is 14.8. The Morgan fingerprint density at radius 1 is 1.10 bits per heavy atom. The first-order chi connectivity index (χ1) is 15.1. The second-order valence-electron chi connectivity index (χ2n) is 7.18. The van der Waals surface area contributed by atoms with Gasteiger partial charge in [0.1, 0.15) is 5.75 Å².